The second kappa shape index (κ2) is 5.26. The molecular weight excluding hydrogens is 267 g/mol. The Morgan fingerprint density at radius 2 is 1.92 bits per heavy atom. The van der Waals surface area contributed by atoms with Gasteiger partial charge in [-0.3, -0.25) is 0 Å². The molecule has 1 rings (SSSR count). The molecule has 1 N–H and O–H groups in total. The molecule has 1 aromatic carbocycles. The van der Waals surface area contributed by atoms with Crippen molar-refractivity contribution in [1.82, 2.24) is 0 Å². The van der Waals surface area contributed by atoms with E-state index >= 15 is 0 Å². The lowest BCUT2D eigenvalue weighted by atomic mass is 10.4. The van der Waals surface area contributed by atoms with Gasteiger partial charge in [-0.1, -0.05) is 58.1 Å². The Bertz CT molecular complexity index is 302. The maximum absolute atomic E-state index is 10.0. The summed E-state index contributed by atoms with van der Waals surface area (Å²) in [5, 5.41) is 1.82. The van der Waals surface area contributed by atoms with Crippen molar-refractivity contribution in [3.05, 3.63) is 30.3 Å². The van der Waals surface area contributed by atoms with E-state index in [2.05, 4.69) is 15.9 Å². The average molecular weight is 279 g/mol. The van der Waals surface area contributed by atoms with Gasteiger partial charge in [-0.05, 0) is 6.42 Å². The standard InChI is InChI=1S/C9H12BrOPS/c10-7-4-8-12(11,13)9-5-2-1-3-6-9/h1-3,5-6H,4,7-8H2,(H,11,13). The Labute approximate surface area is 92.4 Å². The van der Waals surface area contributed by atoms with Crippen LogP contribution in [0.15, 0.2) is 30.3 Å². The summed E-state index contributed by atoms with van der Waals surface area (Å²) < 4.78 is 0. The Kier molecular flexibility index (Phi) is 4.60. The first-order valence-corrected chi connectivity index (χ1v) is 8.16. The highest BCUT2D eigenvalue weighted by Crippen LogP contribution is 2.40. The number of hydrogen-bond donors (Lipinski definition) is 1. The summed E-state index contributed by atoms with van der Waals surface area (Å²) in [5.74, 6) is 0. The van der Waals surface area contributed by atoms with E-state index in [1.807, 2.05) is 30.3 Å². The molecule has 4 heteroatoms. The molecule has 0 aromatic heterocycles. The molecule has 0 aliphatic rings. The van der Waals surface area contributed by atoms with Crippen molar-refractivity contribution in [3.8, 4) is 0 Å². The van der Waals surface area contributed by atoms with Crippen LogP contribution in [0.2, 0.25) is 0 Å². The summed E-state index contributed by atoms with van der Waals surface area (Å²) in [4.78, 5) is 10.0. The van der Waals surface area contributed by atoms with Gasteiger partial charge in [-0.2, -0.15) is 0 Å². The van der Waals surface area contributed by atoms with E-state index in [0.29, 0.717) is 0 Å². The lowest BCUT2D eigenvalue weighted by molar-refractivity contribution is 0.630. The topological polar surface area (TPSA) is 20.2 Å². The molecule has 0 saturated carbocycles. The third-order valence-electron chi connectivity index (χ3n) is 1.75. The smallest absolute Gasteiger partial charge is 0.0914 e. The number of benzene rings is 1. The Balaban J connectivity index is 2.76. The molecule has 0 heterocycles. The zero-order valence-corrected chi connectivity index (χ0v) is 10.5. The zero-order chi connectivity index (χ0) is 9.73. The van der Waals surface area contributed by atoms with E-state index in [9.17, 15) is 4.89 Å². The van der Waals surface area contributed by atoms with Gasteiger partial charge in [-0.15, -0.1) is 0 Å². The lowest BCUT2D eigenvalue weighted by Crippen LogP contribution is -2.06. The first kappa shape index (κ1) is 11.4. The van der Waals surface area contributed by atoms with E-state index < -0.39 is 6.26 Å². The molecule has 0 amide bonds. The van der Waals surface area contributed by atoms with Crippen LogP contribution in [0, 0.1) is 0 Å². The van der Waals surface area contributed by atoms with Crippen molar-refractivity contribution in [2.24, 2.45) is 0 Å². The van der Waals surface area contributed by atoms with Gasteiger partial charge in [0.25, 0.3) is 0 Å². The van der Waals surface area contributed by atoms with Crippen LogP contribution in [0.5, 0.6) is 0 Å². The van der Waals surface area contributed by atoms with E-state index in [4.69, 9.17) is 11.8 Å². The Hall–Kier alpha value is 0.310. The van der Waals surface area contributed by atoms with Crippen LogP contribution in [0.1, 0.15) is 6.42 Å². The number of rotatable bonds is 4. The third kappa shape index (κ3) is 3.51. The third-order valence-corrected chi connectivity index (χ3v) is 5.52. The van der Waals surface area contributed by atoms with E-state index in [1.54, 1.807) is 0 Å². The Morgan fingerprint density at radius 1 is 1.31 bits per heavy atom. The van der Waals surface area contributed by atoms with Gasteiger partial charge < -0.3 is 4.89 Å². The molecule has 72 valence electrons. The van der Waals surface area contributed by atoms with Crippen molar-refractivity contribution in [2.45, 2.75) is 6.42 Å². The first-order valence-electron chi connectivity index (χ1n) is 4.10. The van der Waals surface area contributed by atoms with Crippen molar-refractivity contribution in [1.29, 1.82) is 0 Å². The predicted molar refractivity (Wildman–Crippen MR) is 65.9 cm³/mol. The van der Waals surface area contributed by atoms with Gasteiger partial charge in [0.05, 0.1) is 6.26 Å². The lowest BCUT2D eigenvalue weighted by Gasteiger charge is -2.14. The molecular formula is C9H12BrOPS. The van der Waals surface area contributed by atoms with Crippen LogP contribution in [-0.2, 0) is 11.8 Å². The quantitative estimate of drug-likeness (QED) is 0.675. The molecule has 0 spiro atoms. The second-order valence-corrected chi connectivity index (χ2v) is 7.78. The van der Waals surface area contributed by atoms with Gasteiger partial charge in [-0.25, -0.2) is 0 Å². The summed E-state index contributed by atoms with van der Waals surface area (Å²) in [6, 6.07) is 9.59. The summed E-state index contributed by atoms with van der Waals surface area (Å²) >= 11 is 8.56. The van der Waals surface area contributed by atoms with Crippen molar-refractivity contribution in [2.75, 3.05) is 11.5 Å². The fourth-order valence-electron chi connectivity index (χ4n) is 1.06. The van der Waals surface area contributed by atoms with Crippen LogP contribution >= 0.6 is 22.2 Å². The SMILES string of the molecule is OP(=S)(CCCBr)c1ccccc1. The molecule has 0 bridgehead atoms. The van der Waals surface area contributed by atoms with Gasteiger partial charge in [0.2, 0.25) is 0 Å². The highest BCUT2D eigenvalue weighted by molar-refractivity contribution is 9.09. The summed E-state index contributed by atoms with van der Waals surface area (Å²) in [5.41, 5.74) is 0. The number of halogens is 1. The summed E-state index contributed by atoms with van der Waals surface area (Å²) in [7, 11) is 0. The van der Waals surface area contributed by atoms with E-state index in [0.717, 1.165) is 23.2 Å². The maximum atomic E-state index is 10.0. The molecule has 1 nitrogen and oxygen atoms in total. The molecule has 0 fully saturated rings. The molecule has 1 aromatic rings. The van der Waals surface area contributed by atoms with E-state index in [1.165, 1.54) is 0 Å². The molecule has 13 heavy (non-hydrogen) atoms. The van der Waals surface area contributed by atoms with Gasteiger partial charge in [0, 0.05) is 16.8 Å². The first-order chi connectivity index (χ1) is 6.17. The highest BCUT2D eigenvalue weighted by Gasteiger charge is 2.13. The van der Waals surface area contributed by atoms with Crippen LogP contribution in [0.25, 0.3) is 0 Å². The second-order valence-electron chi connectivity index (χ2n) is 2.80. The number of alkyl halides is 1. The molecule has 0 aliphatic heterocycles. The van der Waals surface area contributed by atoms with Crippen LogP contribution in [0.4, 0.5) is 0 Å². The monoisotopic (exact) mass is 278 g/mol. The number of hydrogen-bond acceptors (Lipinski definition) is 1. The maximum Gasteiger partial charge on any atom is 0.0914 e. The van der Waals surface area contributed by atoms with E-state index in [-0.39, 0.29) is 0 Å². The zero-order valence-electron chi connectivity index (χ0n) is 7.19. The highest BCUT2D eigenvalue weighted by atomic mass is 79.9. The Morgan fingerprint density at radius 3 is 2.46 bits per heavy atom. The minimum Gasteiger partial charge on any atom is -0.361 e. The molecule has 1 atom stereocenters. The fraction of sp³-hybridized carbons (Fsp3) is 0.333. The average Bonchev–Trinajstić information content (AvgIpc) is 2.16. The minimum atomic E-state index is -2.26. The van der Waals surface area contributed by atoms with Crippen molar-refractivity contribution in [3.63, 3.8) is 0 Å². The molecule has 0 radical (unpaired) electrons. The largest absolute Gasteiger partial charge is 0.361 e. The van der Waals surface area contributed by atoms with Crippen molar-refractivity contribution < 1.29 is 4.89 Å². The van der Waals surface area contributed by atoms with Gasteiger partial charge in [0.1, 0.15) is 0 Å². The van der Waals surface area contributed by atoms with Crippen molar-refractivity contribution >= 4 is 39.3 Å². The van der Waals surface area contributed by atoms with Gasteiger partial charge in [0.15, 0.2) is 0 Å². The van der Waals surface area contributed by atoms with Crippen LogP contribution < -0.4 is 5.30 Å². The van der Waals surface area contributed by atoms with Crippen LogP contribution in [0.3, 0.4) is 0 Å². The normalized spacial score (nSPS) is 15.2. The molecule has 0 aliphatic carbocycles. The fourth-order valence-corrected chi connectivity index (χ4v) is 4.01. The summed E-state index contributed by atoms with van der Waals surface area (Å²) in [6.07, 6.45) is -0.605. The summed E-state index contributed by atoms with van der Waals surface area (Å²) in [6.45, 7) is 0. The minimum absolute atomic E-state index is 0.720. The van der Waals surface area contributed by atoms with Gasteiger partial charge >= 0.3 is 0 Å². The molecule has 1 unspecified atom stereocenters. The molecule has 0 saturated heterocycles. The predicted octanol–water partition coefficient (Wildman–Crippen LogP) is 2.48. The van der Waals surface area contributed by atoms with Crippen LogP contribution in [-0.4, -0.2) is 16.4 Å².